The van der Waals surface area contributed by atoms with Crippen molar-refractivity contribution in [1.29, 1.82) is 0 Å². The maximum Gasteiger partial charge on any atom is 0.315 e. The van der Waals surface area contributed by atoms with Gasteiger partial charge in [0.25, 0.3) is 5.69 Å². The Labute approximate surface area is 85.4 Å². The molecule has 0 aromatic heterocycles. The number of amides is 2. The molecule has 78 valence electrons. The van der Waals surface area contributed by atoms with E-state index < -0.39 is 4.92 Å². The van der Waals surface area contributed by atoms with Crippen molar-refractivity contribution in [3.63, 3.8) is 0 Å². The summed E-state index contributed by atoms with van der Waals surface area (Å²) in [4.78, 5) is 21.2. The van der Waals surface area contributed by atoms with Gasteiger partial charge in [0.15, 0.2) is 0 Å². The first kappa shape index (κ1) is 9.45. The molecule has 1 aliphatic heterocycles. The van der Waals surface area contributed by atoms with E-state index >= 15 is 0 Å². The minimum Gasteiger partial charge on any atom is -0.336 e. The van der Waals surface area contributed by atoms with Gasteiger partial charge in [0.2, 0.25) is 0 Å². The molecule has 2 amide bonds. The molecule has 2 rings (SSSR count). The Kier molecular flexibility index (Phi) is 2.24. The minimum atomic E-state index is -0.445. The number of nitrogens with one attached hydrogen (secondary N) is 2. The van der Waals surface area contributed by atoms with Crippen molar-refractivity contribution < 1.29 is 9.72 Å². The fourth-order valence-corrected chi connectivity index (χ4v) is 1.59. The van der Waals surface area contributed by atoms with Crippen LogP contribution < -0.4 is 10.6 Å². The Morgan fingerprint density at radius 1 is 1.40 bits per heavy atom. The Morgan fingerprint density at radius 2 is 2.13 bits per heavy atom. The van der Waals surface area contributed by atoms with Gasteiger partial charge in [0.1, 0.15) is 0 Å². The van der Waals surface area contributed by atoms with E-state index in [1.807, 2.05) is 0 Å². The monoisotopic (exact) mass is 207 g/mol. The summed E-state index contributed by atoms with van der Waals surface area (Å²) in [6.45, 7) is 0.379. The number of nitrogens with zero attached hydrogens (tertiary/aromatic N) is 1. The van der Waals surface area contributed by atoms with Crippen LogP contribution in [0.4, 0.5) is 10.5 Å². The van der Waals surface area contributed by atoms with E-state index in [2.05, 4.69) is 10.6 Å². The van der Waals surface area contributed by atoms with Crippen LogP contribution in [0.25, 0.3) is 0 Å². The molecule has 15 heavy (non-hydrogen) atoms. The molecule has 6 heteroatoms. The first-order valence-electron chi connectivity index (χ1n) is 4.46. The Hall–Kier alpha value is -2.11. The highest BCUT2D eigenvalue weighted by atomic mass is 16.6. The summed E-state index contributed by atoms with van der Waals surface area (Å²) >= 11 is 0. The predicted octanol–water partition coefficient (Wildman–Crippen LogP) is 0.949. The molecule has 0 bridgehead atoms. The van der Waals surface area contributed by atoms with Crippen LogP contribution in [-0.2, 0) is 0 Å². The van der Waals surface area contributed by atoms with Crippen molar-refractivity contribution in [2.75, 3.05) is 6.54 Å². The SMILES string of the molecule is O=C1NC[C@H](c2ccccc2[N+](=O)[O-])N1. The van der Waals surface area contributed by atoms with Crippen LogP contribution in [0.1, 0.15) is 11.6 Å². The first-order chi connectivity index (χ1) is 7.18. The lowest BCUT2D eigenvalue weighted by Crippen LogP contribution is -2.22. The molecule has 0 unspecified atom stereocenters. The average molecular weight is 207 g/mol. The molecule has 2 N–H and O–H groups in total. The highest BCUT2D eigenvalue weighted by Gasteiger charge is 2.27. The Balaban J connectivity index is 2.35. The number of para-hydroxylation sites is 1. The van der Waals surface area contributed by atoms with Gasteiger partial charge in [-0.2, -0.15) is 0 Å². The molecular formula is C9H9N3O3. The fraction of sp³-hybridized carbons (Fsp3) is 0.222. The molecule has 6 nitrogen and oxygen atoms in total. The van der Waals surface area contributed by atoms with Crippen LogP contribution in [0, 0.1) is 10.1 Å². The van der Waals surface area contributed by atoms with Crippen LogP contribution in [0.15, 0.2) is 24.3 Å². The number of hydrogen-bond acceptors (Lipinski definition) is 3. The predicted molar refractivity (Wildman–Crippen MR) is 52.4 cm³/mol. The molecule has 1 atom stereocenters. The number of carbonyl (C=O) groups excluding carboxylic acids is 1. The third kappa shape index (κ3) is 1.74. The van der Waals surface area contributed by atoms with Crippen LogP contribution in [0.2, 0.25) is 0 Å². The second-order valence-corrected chi connectivity index (χ2v) is 3.22. The number of rotatable bonds is 2. The lowest BCUT2D eigenvalue weighted by Gasteiger charge is -2.08. The average Bonchev–Trinajstić information content (AvgIpc) is 2.65. The van der Waals surface area contributed by atoms with Crippen LogP contribution in [0.5, 0.6) is 0 Å². The maximum absolute atomic E-state index is 10.9. The van der Waals surface area contributed by atoms with E-state index in [1.54, 1.807) is 18.2 Å². The van der Waals surface area contributed by atoms with E-state index in [0.29, 0.717) is 12.1 Å². The summed E-state index contributed by atoms with van der Waals surface area (Å²) in [5, 5.41) is 15.9. The van der Waals surface area contributed by atoms with Crippen molar-refractivity contribution in [1.82, 2.24) is 10.6 Å². The standard InChI is InChI=1S/C9H9N3O3/c13-9-10-5-7(11-9)6-3-1-2-4-8(6)12(14)15/h1-4,7H,5H2,(H2,10,11,13)/t7-/m1/s1. The van der Waals surface area contributed by atoms with Gasteiger partial charge in [-0.1, -0.05) is 18.2 Å². The molecule has 0 saturated carbocycles. The molecule has 0 aliphatic carbocycles. The van der Waals surface area contributed by atoms with Gasteiger partial charge < -0.3 is 10.6 Å². The molecule has 0 radical (unpaired) electrons. The van der Waals surface area contributed by atoms with Gasteiger partial charge in [0, 0.05) is 12.6 Å². The normalized spacial score (nSPS) is 19.5. The summed E-state index contributed by atoms with van der Waals surface area (Å²) in [5.74, 6) is 0. The lowest BCUT2D eigenvalue weighted by atomic mass is 10.1. The van der Waals surface area contributed by atoms with Gasteiger partial charge >= 0.3 is 6.03 Å². The van der Waals surface area contributed by atoms with Gasteiger partial charge in [-0.15, -0.1) is 0 Å². The topological polar surface area (TPSA) is 84.3 Å². The Bertz CT molecular complexity index is 419. The molecule has 1 aromatic carbocycles. The van der Waals surface area contributed by atoms with Crippen LogP contribution >= 0.6 is 0 Å². The number of urea groups is 1. The third-order valence-corrected chi connectivity index (χ3v) is 2.28. The van der Waals surface area contributed by atoms with E-state index in [0.717, 1.165) is 0 Å². The molecule has 1 aliphatic rings. The van der Waals surface area contributed by atoms with Gasteiger partial charge in [-0.25, -0.2) is 4.79 Å². The van der Waals surface area contributed by atoms with Crippen molar-refractivity contribution in [2.24, 2.45) is 0 Å². The van der Waals surface area contributed by atoms with E-state index in [9.17, 15) is 14.9 Å². The second-order valence-electron chi connectivity index (χ2n) is 3.22. The van der Waals surface area contributed by atoms with Crippen molar-refractivity contribution >= 4 is 11.7 Å². The van der Waals surface area contributed by atoms with E-state index in [1.165, 1.54) is 6.07 Å². The van der Waals surface area contributed by atoms with E-state index in [-0.39, 0.29) is 17.8 Å². The van der Waals surface area contributed by atoms with Crippen molar-refractivity contribution in [3.8, 4) is 0 Å². The summed E-state index contributed by atoms with van der Waals surface area (Å²) in [7, 11) is 0. The zero-order valence-corrected chi connectivity index (χ0v) is 7.77. The highest BCUT2D eigenvalue weighted by Crippen LogP contribution is 2.25. The zero-order chi connectivity index (χ0) is 10.8. The van der Waals surface area contributed by atoms with Gasteiger partial charge in [-0.3, -0.25) is 10.1 Å². The quantitative estimate of drug-likeness (QED) is 0.559. The largest absolute Gasteiger partial charge is 0.336 e. The lowest BCUT2D eigenvalue weighted by molar-refractivity contribution is -0.385. The third-order valence-electron chi connectivity index (χ3n) is 2.28. The van der Waals surface area contributed by atoms with Crippen molar-refractivity contribution in [3.05, 3.63) is 39.9 Å². The number of carbonyl (C=O) groups is 1. The number of nitro groups is 1. The molecule has 1 fully saturated rings. The number of hydrogen-bond donors (Lipinski definition) is 2. The highest BCUT2D eigenvalue weighted by molar-refractivity contribution is 5.77. The van der Waals surface area contributed by atoms with Crippen LogP contribution in [0.3, 0.4) is 0 Å². The number of nitro benzene ring substituents is 1. The molecule has 1 aromatic rings. The summed E-state index contributed by atoms with van der Waals surface area (Å²) in [6, 6.07) is 5.78. The van der Waals surface area contributed by atoms with E-state index in [4.69, 9.17) is 0 Å². The fourth-order valence-electron chi connectivity index (χ4n) is 1.59. The van der Waals surface area contributed by atoms with Gasteiger partial charge in [-0.05, 0) is 0 Å². The zero-order valence-electron chi connectivity index (χ0n) is 7.77. The molecule has 1 saturated heterocycles. The smallest absolute Gasteiger partial charge is 0.315 e. The molecule has 1 heterocycles. The molecular weight excluding hydrogens is 198 g/mol. The Morgan fingerprint density at radius 3 is 2.73 bits per heavy atom. The summed E-state index contributed by atoms with van der Waals surface area (Å²) < 4.78 is 0. The maximum atomic E-state index is 10.9. The minimum absolute atomic E-state index is 0.0338. The van der Waals surface area contributed by atoms with Crippen molar-refractivity contribution in [2.45, 2.75) is 6.04 Å². The summed E-state index contributed by atoms with van der Waals surface area (Å²) in [5.41, 5.74) is 0.562. The first-order valence-corrected chi connectivity index (χ1v) is 4.46. The second kappa shape index (κ2) is 3.56. The summed E-state index contributed by atoms with van der Waals surface area (Å²) in [6.07, 6.45) is 0. The number of benzene rings is 1. The molecule has 0 spiro atoms. The van der Waals surface area contributed by atoms with Crippen LogP contribution in [-0.4, -0.2) is 17.5 Å². The van der Waals surface area contributed by atoms with Gasteiger partial charge in [0.05, 0.1) is 16.5 Å².